The molecule has 0 aromatic heterocycles. The van der Waals surface area contributed by atoms with Crippen LogP contribution >= 0.6 is 0 Å². The molecule has 0 radical (unpaired) electrons. The Morgan fingerprint density at radius 1 is 0.949 bits per heavy atom. The minimum atomic E-state index is -3.93. The van der Waals surface area contributed by atoms with Crippen molar-refractivity contribution in [3.05, 3.63) is 72.8 Å². The number of rotatable bonds is 10. The Morgan fingerprint density at radius 3 is 2.28 bits per heavy atom. The Bertz CT molecular complexity index is 1520. The predicted molar refractivity (Wildman–Crippen MR) is 146 cm³/mol. The highest BCUT2D eigenvalue weighted by Gasteiger charge is 2.30. The monoisotopic (exact) mass is 575 g/mol. The number of carbonyl (C=O) groups excluding carboxylic acids is 1. The van der Waals surface area contributed by atoms with E-state index in [1.54, 1.807) is 42.5 Å². The van der Waals surface area contributed by atoms with Crippen LogP contribution in [-0.2, 0) is 29.6 Å². The smallest absolute Gasteiger partial charge is 0.246 e. The van der Waals surface area contributed by atoms with Crippen LogP contribution < -0.4 is 19.1 Å². The highest BCUT2D eigenvalue weighted by Crippen LogP contribution is 2.34. The van der Waals surface area contributed by atoms with E-state index in [1.807, 2.05) is 6.07 Å². The van der Waals surface area contributed by atoms with Gasteiger partial charge >= 0.3 is 0 Å². The average molecular weight is 576 g/mol. The standard InChI is InChI=1S/C26H29N3O8S2/c1-35-24-13-12-20(18-25(24)39(33,34)28-14-16-36-17-15-28)27-26(30)19-29(38(2,31)32)22-10-6-7-11-23(22)37-21-8-4-3-5-9-21/h3-13,18H,14-17,19H2,1-2H3,(H,27,30). The van der Waals surface area contributed by atoms with E-state index < -0.39 is 32.5 Å². The second kappa shape index (κ2) is 12.0. The third kappa shape index (κ3) is 6.87. The number of carbonyl (C=O) groups is 1. The lowest BCUT2D eigenvalue weighted by Gasteiger charge is -2.27. The summed E-state index contributed by atoms with van der Waals surface area (Å²) < 4.78 is 70.6. The van der Waals surface area contributed by atoms with Crippen LogP contribution in [-0.4, -0.2) is 73.3 Å². The maximum atomic E-state index is 13.3. The SMILES string of the molecule is COc1ccc(NC(=O)CN(c2ccccc2Oc2ccccc2)S(C)(=O)=O)cc1S(=O)(=O)N1CCOCC1. The topological polar surface area (TPSA) is 132 Å². The fourth-order valence-corrected chi connectivity index (χ4v) is 6.41. The zero-order chi connectivity index (χ0) is 28.0. The number of benzene rings is 3. The second-order valence-electron chi connectivity index (χ2n) is 8.58. The molecule has 0 unspecified atom stereocenters. The number of sulfonamides is 2. The normalized spacial score (nSPS) is 14.4. The fraction of sp³-hybridized carbons (Fsp3) is 0.269. The summed E-state index contributed by atoms with van der Waals surface area (Å²) in [6, 6.07) is 19.5. The molecule has 13 heteroatoms. The van der Waals surface area contributed by atoms with Gasteiger partial charge in [0.05, 0.1) is 32.3 Å². The van der Waals surface area contributed by atoms with E-state index in [0.29, 0.717) is 5.75 Å². The molecular formula is C26H29N3O8S2. The van der Waals surface area contributed by atoms with Crippen LogP contribution in [0.5, 0.6) is 17.2 Å². The van der Waals surface area contributed by atoms with E-state index in [-0.39, 0.29) is 54.1 Å². The molecule has 1 fully saturated rings. The number of para-hydroxylation sites is 3. The largest absolute Gasteiger partial charge is 0.495 e. The van der Waals surface area contributed by atoms with E-state index in [4.69, 9.17) is 14.2 Å². The second-order valence-corrected chi connectivity index (χ2v) is 12.4. The molecule has 11 nitrogen and oxygen atoms in total. The summed E-state index contributed by atoms with van der Waals surface area (Å²) >= 11 is 0. The Hall–Kier alpha value is -3.65. The van der Waals surface area contributed by atoms with Gasteiger partial charge in [-0.25, -0.2) is 16.8 Å². The summed E-state index contributed by atoms with van der Waals surface area (Å²) in [5.74, 6) is 0.166. The van der Waals surface area contributed by atoms with Crippen molar-refractivity contribution in [1.82, 2.24) is 4.31 Å². The van der Waals surface area contributed by atoms with Crippen LogP contribution in [0.4, 0.5) is 11.4 Å². The number of nitrogens with one attached hydrogen (secondary N) is 1. The lowest BCUT2D eigenvalue weighted by atomic mass is 10.2. The average Bonchev–Trinajstić information content (AvgIpc) is 2.92. The Morgan fingerprint density at radius 2 is 1.62 bits per heavy atom. The van der Waals surface area contributed by atoms with Gasteiger partial charge in [-0.3, -0.25) is 9.10 Å². The Labute approximate surface area is 228 Å². The van der Waals surface area contributed by atoms with Gasteiger partial charge < -0.3 is 19.5 Å². The molecule has 0 bridgehead atoms. The molecule has 1 N–H and O–H groups in total. The van der Waals surface area contributed by atoms with Crippen LogP contribution in [0.2, 0.25) is 0 Å². The molecule has 3 aromatic rings. The molecule has 1 amide bonds. The van der Waals surface area contributed by atoms with Crippen molar-refractivity contribution in [2.45, 2.75) is 4.90 Å². The number of hydrogen-bond donors (Lipinski definition) is 1. The molecule has 3 aromatic carbocycles. The molecule has 208 valence electrons. The maximum absolute atomic E-state index is 13.3. The zero-order valence-electron chi connectivity index (χ0n) is 21.4. The molecule has 0 saturated carbocycles. The van der Waals surface area contributed by atoms with E-state index in [9.17, 15) is 21.6 Å². The molecule has 0 atom stereocenters. The summed E-state index contributed by atoms with van der Waals surface area (Å²) in [6.45, 7) is 0.348. The van der Waals surface area contributed by atoms with E-state index in [1.165, 1.54) is 35.7 Å². The van der Waals surface area contributed by atoms with Crippen LogP contribution in [0.1, 0.15) is 0 Å². The van der Waals surface area contributed by atoms with Crippen LogP contribution in [0.3, 0.4) is 0 Å². The minimum Gasteiger partial charge on any atom is -0.495 e. The van der Waals surface area contributed by atoms with Gasteiger partial charge in [0.25, 0.3) is 0 Å². The van der Waals surface area contributed by atoms with Crippen molar-refractivity contribution >= 4 is 37.3 Å². The van der Waals surface area contributed by atoms with Gasteiger partial charge in [0.15, 0.2) is 5.75 Å². The number of hydrogen-bond acceptors (Lipinski definition) is 8. The molecule has 1 saturated heterocycles. The highest BCUT2D eigenvalue weighted by atomic mass is 32.2. The van der Waals surface area contributed by atoms with Crippen molar-refractivity contribution in [3.63, 3.8) is 0 Å². The third-order valence-corrected chi connectivity index (χ3v) is 8.87. The number of morpholine rings is 1. The molecule has 39 heavy (non-hydrogen) atoms. The highest BCUT2D eigenvalue weighted by molar-refractivity contribution is 7.92. The maximum Gasteiger partial charge on any atom is 0.246 e. The van der Waals surface area contributed by atoms with Gasteiger partial charge in [0.1, 0.15) is 22.9 Å². The first-order chi connectivity index (χ1) is 18.6. The molecule has 0 spiro atoms. The molecular weight excluding hydrogens is 546 g/mol. The van der Waals surface area contributed by atoms with Crippen LogP contribution in [0.15, 0.2) is 77.7 Å². The third-order valence-electron chi connectivity index (χ3n) is 5.83. The number of ether oxygens (including phenoxy) is 3. The lowest BCUT2D eigenvalue weighted by Crippen LogP contribution is -2.40. The fourth-order valence-electron chi connectivity index (χ4n) is 3.96. The van der Waals surface area contributed by atoms with Gasteiger partial charge in [-0.15, -0.1) is 0 Å². The van der Waals surface area contributed by atoms with E-state index in [2.05, 4.69) is 5.32 Å². The molecule has 1 heterocycles. The first-order valence-corrected chi connectivity index (χ1v) is 15.2. The van der Waals surface area contributed by atoms with Gasteiger partial charge in [-0.1, -0.05) is 30.3 Å². The summed E-state index contributed by atoms with van der Waals surface area (Å²) in [6.07, 6.45) is 0.986. The summed E-state index contributed by atoms with van der Waals surface area (Å²) in [7, 11) is -6.50. The van der Waals surface area contributed by atoms with E-state index >= 15 is 0 Å². The minimum absolute atomic E-state index is 0.115. The van der Waals surface area contributed by atoms with Gasteiger partial charge in [-0.05, 0) is 42.5 Å². The number of methoxy groups -OCH3 is 1. The zero-order valence-corrected chi connectivity index (χ0v) is 23.1. The van der Waals surface area contributed by atoms with Crippen molar-refractivity contribution in [2.75, 3.05) is 55.8 Å². The van der Waals surface area contributed by atoms with Crippen molar-refractivity contribution < 1.29 is 35.8 Å². The summed E-state index contributed by atoms with van der Waals surface area (Å²) in [5, 5.41) is 2.60. The molecule has 0 aliphatic carbocycles. The van der Waals surface area contributed by atoms with Crippen molar-refractivity contribution in [1.29, 1.82) is 0 Å². The van der Waals surface area contributed by atoms with Crippen molar-refractivity contribution in [2.24, 2.45) is 0 Å². The Kier molecular flexibility index (Phi) is 8.75. The van der Waals surface area contributed by atoms with E-state index in [0.717, 1.165) is 10.6 Å². The van der Waals surface area contributed by atoms with Gasteiger partial charge in [0, 0.05) is 18.8 Å². The van der Waals surface area contributed by atoms with Crippen molar-refractivity contribution in [3.8, 4) is 17.2 Å². The molecule has 1 aliphatic rings. The first kappa shape index (κ1) is 28.4. The van der Waals surface area contributed by atoms with Gasteiger partial charge in [0.2, 0.25) is 26.0 Å². The summed E-state index contributed by atoms with van der Waals surface area (Å²) in [4.78, 5) is 12.9. The number of anilines is 2. The van der Waals surface area contributed by atoms with Crippen LogP contribution in [0, 0.1) is 0 Å². The number of nitrogens with zero attached hydrogens (tertiary/aromatic N) is 2. The van der Waals surface area contributed by atoms with Crippen LogP contribution in [0.25, 0.3) is 0 Å². The molecule has 1 aliphatic heterocycles. The predicted octanol–water partition coefficient (Wildman–Crippen LogP) is 2.91. The number of amides is 1. The lowest BCUT2D eigenvalue weighted by molar-refractivity contribution is -0.114. The van der Waals surface area contributed by atoms with Gasteiger partial charge in [-0.2, -0.15) is 4.31 Å². The molecule has 4 rings (SSSR count). The summed E-state index contributed by atoms with van der Waals surface area (Å²) in [5.41, 5.74) is 0.333. The first-order valence-electron chi connectivity index (χ1n) is 11.9. The quantitative estimate of drug-likeness (QED) is 0.391. The Balaban J connectivity index is 1.59.